The number of anilines is 1. The van der Waals surface area contributed by atoms with Crippen molar-refractivity contribution in [3.05, 3.63) is 46.6 Å². The van der Waals surface area contributed by atoms with Crippen molar-refractivity contribution in [2.45, 2.75) is 6.92 Å². The molecule has 76 valence electrons. The molecule has 0 aliphatic rings. The maximum atomic E-state index is 5.68. The van der Waals surface area contributed by atoms with Crippen molar-refractivity contribution in [3.8, 4) is 11.1 Å². The largest absolute Gasteiger partial charge is 0.383 e. The Bertz CT molecular complexity index is 495. The van der Waals surface area contributed by atoms with Gasteiger partial charge in [-0.2, -0.15) is 0 Å². The molecule has 0 atom stereocenters. The number of aryl methyl sites for hydroxylation is 1. The normalized spacial score (nSPS) is 10.3. The fraction of sp³-hybridized carbons (Fsp3) is 0.0833. The van der Waals surface area contributed by atoms with Crippen molar-refractivity contribution in [3.63, 3.8) is 0 Å². The van der Waals surface area contributed by atoms with E-state index in [1.165, 1.54) is 0 Å². The number of halogens is 1. The summed E-state index contributed by atoms with van der Waals surface area (Å²) in [7, 11) is 0. The third-order valence-corrected chi connectivity index (χ3v) is 2.77. The smallest absolute Gasteiger partial charge is 0.126 e. The van der Waals surface area contributed by atoms with E-state index in [2.05, 4.69) is 33.0 Å². The van der Waals surface area contributed by atoms with Crippen LogP contribution in [-0.2, 0) is 0 Å². The minimum atomic E-state index is 0.591. The van der Waals surface area contributed by atoms with Crippen molar-refractivity contribution in [2.24, 2.45) is 0 Å². The van der Waals surface area contributed by atoms with Gasteiger partial charge in [0.25, 0.3) is 0 Å². The number of pyridine rings is 1. The second-order valence-corrected chi connectivity index (χ2v) is 4.35. The van der Waals surface area contributed by atoms with Crippen LogP contribution < -0.4 is 5.73 Å². The molecule has 15 heavy (non-hydrogen) atoms. The Morgan fingerprint density at radius 3 is 2.67 bits per heavy atom. The van der Waals surface area contributed by atoms with Crippen LogP contribution in [0.3, 0.4) is 0 Å². The fourth-order valence-electron chi connectivity index (χ4n) is 1.41. The Hall–Kier alpha value is -1.35. The summed E-state index contributed by atoms with van der Waals surface area (Å²) in [6.07, 6.45) is 1.80. The van der Waals surface area contributed by atoms with E-state index in [0.29, 0.717) is 5.82 Å². The van der Waals surface area contributed by atoms with Crippen LogP contribution in [0.15, 0.2) is 41.0 Å². The van der Waals surface area contributed by atoms with Crippen LogP contribution >= 0.6 is 15.9 Å². The molecule has 1 aromatic carbocycles. The zero-order valence-electron chi connectivity index (χ0n) is 8.37. The highest BCUT2D eigenvalue weighted by molar-refractivity contribution is 9.10. The molecule has 0 fully saturated rings. The number of nitrogens with zero attached hydrogens (tertiary/aromatic N) is 1. The van der Waals surface area contributed by atoms with Crippen LogP contribution in [0.4, 0.5) is 5.82 Å². The number of rotatable bonds is 1. The molecular weight excluding hydrogens is 252 g/mol. The molecule has 3 heteroatoms. The van der Waals surface area contributed by atoms with Crippen LogP contribution in [-0.4, -0.2) is 4.98 Å². The van der Waals surface area contributed by atoms with E-state index in [-0.39, 0.29) is 0 Å². The van der Waals surface area contributed by atoms with Gasteiger partial charge in [-0.3, -0.25) is 0 Å². The molecule has 0 saturated heterocycles. The van der Waals surface area contributed by atoms with Crippen molar-refractivity contribution < 1.29 is 0 Å². The number of aromatic nitrogens is 1. The average molecular weight is 263 g/mol. The summed E-state index contributed by atoms with van der Waals surface area (Å²) in [5, 5.41) is 0. The summed E-state index contributed by atoms with van der Waals surface area (Å²) >= 11 is 3.45. The van der Waals surface area contributed by atoms with Crippen molar-refractivity contribution in [1.82, 2.24) is 4.98 Å². The molecule has 0 aliphatic heterocycles. The second kappa shape index (κ2) is 4.03. The number of nitrogens with two attached hydrogens (primary N) is 1. The number of hydrogen-bond donors (Lipinski definition) is 1. The topological polar surface area (TPSA) is 38.9 Å². The molecule has 2 nitrogen and oxygen atoms in total. The molecule has 0 saturated carbocycles. The lowest BCUT2D eigenvalue weighted by Crippen LogP contribution is -1.93. The van der Waals surface area contributed by atoms with Crippen molar-refractivity contribution >= 4 is 21.7 Å². The standard InChI is InChI=1S/C12H11BrN2/c1-8-5-10(7-15-12(8)14)9-3-2-4-11(13)6-9/h2-7H,1H3,(H2,14,15). The maximum Gasteiger partial charge on any atom is 0.126 e. The summed E-state index contributed by atoms with van der Waals surface area (Å²) in [4.78, 5) is 4.15. The first-order valence-electron chi connectivity index (χ1n) is 4.65. The number of nitrogen functional groups attached to an aromatic ring is 1. The van der Waals surface area contributed by atoms with Gasteiger partial charge in [0.2, 0.25) is 0 Å². The summed E-state index contributed by atoms with van der Waals surface area (Å²) in [5.74, 6) is 0.591. The van der Waals surface area contributed by atoms with E-state index in [0.717, 1.165) is 21.2 Å². The van der Waals surface area contributed by atoms with Gasteiger partial charge in [-0.05, 0) is 36.2 Å². The molecule has 1 aromatic heterocycles. The van der Waals surface area contributed by atoms with Crippen LogP contribution in [0.5, 0.6) is 0 Å². The minimum absolute atomic E-state index is 0.591. The molecule has 0 bridgehead atoms. The highest BCUT2D eigenvalue weighted by Gasteiger charge is 2.01. The molecular formula is C12H11BrN2. The van der Waals surface area contributed by atoms with Gasteiger partial charge in [-0.1, -0.05) is 28.1 Å². The van der Waals surface area contributed by atoms with Gasteiger partial charge in [0.15, 0.2) is 0 Å². The Morgan fingerprint density at radius 2 is 2.00 bits per heavy atom. The first-order valence-corrected chi connectivity index (χ1v) is 5.44. The summed E-state index contributed by atoms with van der Waals surface area (Å²) in [6, 6.07) is 10.2. The van der Waals surface area contributed by atoms with Gasteiger partial charge >= 0.3 is 0 Å². The average Bonchev–Trinajstić information content (AvgIpc) is 2.22. The molecule has 1 heterocycles. The lowest BCUT2D eigenvalue weighted by molar-refractivity contribution is 1.28. The van der Waals surface area contributed by atoms with Crippen molar-refractivity contribution in [1.29, 1.82) is 0 Å². The summed E-state index contributed by atoms with van der Waals surface area (Å²) in [5.41, 5.74) is 8.91. The van der Waals surface area contributed by atoms with Gasteiger partial charge in [0, 0.05) is 16.2 Å². The lowest BCUT2D eigenvalue weighted by Gasteiger charge is -2.04. The highest BCUT2D eigenvalue weighted by Crippen LogP contribution is 2.24. The molecule has 0 amide bonds. The zero-order chi connectivity index (χ0) is 10.8. The predicted octanol–water partition coefficient (Wildman–Crippen LogP) is 3.40. The second-order valence-electron chi connectivity index (χ2n) is 3.44. The van der Waals surface area contributed by atoms with Gasteiger partial charge in [-0.15, -0.1) is 0 Å². The quantitative estimate of drug-likeness (QED) is 0.856. The summed E-state index contributed by atoms with van der Waals surface area (Å²) < 4.78 is 1.06. The number of hydrogen-bond acceptors (Lipinski definition) is 2. The number of benzene rings is 1. The Labute approximate surface area is 97.3 Å². The molecule has 2 aromatic rings. The molecule has 0 unspecified atom stereocenters. The van der Waals surface area contributed by atoms with E-state index >= 15 is 0 Å². The van der Waals surface area contributed by atoms with Gasteiger partial charge in [0.05, 0.1) is 0 Å². The van der Waals surface area contributed by atoms with E-state index in [4.69, 9.17) is 5.73 Å². The third kappa shape index (κ3) is 2.18. The van der Waals surface area contributed by atoms with Gasteiger partial charge < -0.3 is 5.73 Å². The third-order valence-electron chi connectivity index (χ3n) is 2.28. The van der Waals surface area contributed by atoms with Gasteiger partial charge in [0.1, 0.15) is 5.82 Å². The predicted molar refractivity (Wildman–Crippen MR) is 66.5 cm³/mol. The monoisotopic (exact) mass is 262 g/mol. The Morgan fingerprint density at radius 1 is 1.20 bits per heavy atom. The van der Waals surface area contributed by atoms with E-state index < -0.39 is 0 Å². The van der Waals surface area contributed by atoms with E-state index in [9.17, 15) is 0 Å². The molecule has 0 spiro atoms. The Balaban J connectivity index is 2.50. The maximum absolute atomic E-state index is 5.68. The Kier molecular flexibility index (Phi) is 2.73. The summed E-state index contributed by atoms with van der Waals surface area (Å²) in [6.45, 7) is 1.96. The lowest BCUT2D eigenvalue weighted by atomic mass is 10.1. The highest BCUT2D eigenvalue weighted by atomic mass is 79.9. The first-order chi connectivity index (χ1) is 7.16. The van der Waals surface area contributed by atoms with Crippen molar-refractivity contribution in [2.75, 3.05) is 5.73 Å². The van der Waals surface area contributed by atoms with E-state index in [1.54, 1.807) is 6.20 Å². The van der Waals surface area contributed by atoms with E-state index in [1.807, 2.05) is 25.1 Å². The molecule has 0 aliphatic carbocycles. The molecule has 0 radical (unpaired) electrons. The first kappa shape index (κ1) is 10.2. The zero-order valence-corrected chi connectivity index (χ0v) is 9.95. The van der Waals surface area contributed by atoms with Crippen LogP contribution in [0, 0.1) is 6.92 Å². The molecule has 2 rings (SSSR count). The fourth-order valence-corrected chi connectivity index (χ4v) is 1.81. The van der Waals surface area contributed by atoms with Gasteiger partial charge in [-0.25, -0.2) is 4.98 Å². The van der Waals surface area contributed by atoms with Crippen LogP contribution in [0.2, 0.25) is 0 Å². The van der Waals surface area contributed by atoms with Crippen LogP contribution in [0.25, 0.3) is 11.1 Å². The molecule has 2 N–H and O–H groups in total. The minimum Gasteiger partial charge on any atom is -0.383 e. The van der Waals surface area contributed by atoms with Crippen LogP contribution in [0.1, 0.15) is 5.56 Å². The SMILES string of the molecule is Cc1cc(-c2cccc(Br)c2)cnc1N.